The lowest BCUT2D eigenvalue weighted by atomic mass is 10.1. The lowest BCUT2D eigenvalue weighted by Crippen LogP contribution is -2.21. The first kappa shape index (κ1) is 12.0. The van der Waals surface area contributed by atoms with E-state index in [1.165, 1.54) is 12.4 Å². The average molecular weight is 242 g/mol. The smallest absolute Gasteiger partial charge is 0.183 e. The van der Waals surface area contributed by atoms with Gasteiger partial charge in [-0.1, -0.05) is 0 Å². The van der Waals surface area contributed by atoms with Crippen molar-refractivity contribution in [3.8, 4) is 6.07 Å². The molecule has 0 aliphatic rings. The van der Waals surface area contributed by atoms with Crippen LogP contribution < -0.4 is 5.32 Å². The Hall–Kier alpha value is -2.42. The zero-order valence-electron chi connectivity index (χ0n) is 10.5. The van der Waals surface area contributed by atoms with Crippen molar-refractivity contribution >= 4 is 11.5 Å². The Morgan fingerprint density at radius 2 is 2.00 bits per heavy atom. The lowest BCUT2D eigenvalue weighted by molar-refractivity contribution is 0.355. The molecule has 18 heavy (non-hydrogen) atoms. The predicted octanol–water partition coefficient (Wildman–Crippen LogP) is 2.04. The van der Waals surface area contributed by atoms with Crippen LogP contribution >= 0.6 is 0 Å². The molecule has 92 valence electrons. The molecule has 0 spiro atoms. The molecule has 0 radical (unpaired) electrons. The van der Waals surface area contributed by atoms with Gasteiger partial charge in [-0.3, -0.25) is 4.68 Å². The van der Waals surface area contributed by atoms with Crippen LogP contribution in [0.3, 0.4) is 0 Å². The fourth-order valence-electron chi connectivity index (χ4n) is 1.40. The lowest BCUT2D eigenvalue weighted by Gasteiger charge is -2.18. The summed E-state index contributed by atoms with van der Waals surface area (Å²) in [6.07, 6.45) is 6.59. The van der Waals surface area contributed by atoms with E-state index >= 15 is 0 Å². The third kappa shape index (κ3) is 2.46. The molecular weight excluding hydrogens is 228 g/mol. The number of hydrogen-bond acceptors (Lipinski definition) is 5. The van der Waals surface area contributed by atoms with Gasteiger partial charge in [-0.25, -0.2) is 9.97 Å². The third-order valence-electron chi connectivity index (χ3n) is 2.34. The zero-order chi connectivity index (χ0) is 13.2. The van der Waals surface area contributed by atoms with Crippen molar-refractivity contribution in [2.75, 3.05) is 5.32 Å². The predicted molar refractivity (Wildman–Crippen MR) is 67.3 cm³/mol. The molecular formula is C12H14N6. The first-order valence-corrected chi connectivity index (χ1v) is 5.54. The fraction of sp³-hybridized carbons (Fsp3) is 0.333. The summed E-state index contributed by atoms with van der Waals surface area (Å²) in [5.74, 6) is 0.438. The number of nitrogens with one attached hydrogen (secondary N) is 1. The monoisotopic (exact) mass is 242 g/mol. The Kier molecular flexibility index (Phi) is 2.98. The van der Waals surface area contributed by atoms with Gasteiger partial charge in [-0.05, 0) is 20.8 Å². The van der Waals surface area contributed by atoms with Crippen LogP contribution in [-0.4, -0.2) is 19.7 Å². The van der Waals surface area contributed by atoms with Gasteiger partial charge < -0.3 is 5.32 Å². The van der Waals surface area contributed by atoms with Crippen LogP contribution in [0.15, 0.2) is 24.8 Å². The van der Waals surface area contributed by atoms with Crippen LogP contribution in [0.2, 0.25) is 0 Å². The van der Waals surface area contributed by atoms with E-state index in [2.05, 4.69) is 41.2 Å². The largest absolute Gasteiger partial charge is 0.335 e. The van der Waals surface area contributed by atoms with Gasteiger partial charge in [0.1, 0.15) is 6.07 Å². The molecule has 2 rings (SSSR count). The van der Waals surface area contributed by atoms with Crippen molar-refractivity contribution in [1.82, 2.24) is 19.7 Å². The number of aromatic nitrogens is 4. The van der Waals surface area contributed by atoms with Crippen LogP contribution in [0, 0.1) is 11.3 Å². The van der Waals surface area contributed by atoms with Crippen molar-refractivity contribution in [2.24, 2.45) is 0 Å². The third-order valence-corrected chi connectivity index (χ3v) is 2.34. The first-order chi connectivity index (χ1) is 8.50. The molecule has 2 aromatic heterocycles. The van der Waals surface area contributed by atoms with Gasteiger partial charge in [-0.2, -0.15) is 10.4 Å². The molecule has 6 heteroatoms. The fourth-order valence-corrected chi connectivity index (χ4v) is 1.40. The Morgan fingerprint density at radius 3 is 2.61 bits per heavy atom. The summed E-state index contributed by atoms with van der Waals surface area (Å²) < 4.78 is 1.84. The molecule has 6 nitrogen and oxygen atoms in total. The van der Waals surface area contributed by atoms with E-state index in [1.807, 2.05) is 16.9 Å². The number of nitriles is 1. The topological polar surface area (TPSA) is 79.4 Å². The van der Waals surface area contributed by atoms with Crippen molar-refractivity contribution in [1.29, 1.82) is 5.26 Å². The van der Waals surface area contributed by atoms with E-state index in [4.69, 9.17) is 5.26 Å². The molecule has 0 saturated carbocycles. The molecule has 0 saturated heterocycles. The SMILES string of the molecule is CC(C)(C)n1cc(Nc2nccnc2C#N)cn1. The van der Waals surface area contributed by atoms with Crippen LogP contribution in [0.5, 0.6) is 0 Å². The molecule has 0 atom stereocenters. The van der Waals surface area contributed by atoms with Crippen molar-refractivity contribution in [3.63, 3.8) is 0 Å². The Morgan fingerprint density at radius 1 is 1.28 bits per heavy atom. The van der Waals surface area contributed by atoms with Gasteiger partial charge in [0.05, 0.1) is 17.4 Å². The maximum atomic E-state index is 8.92. The average Bonchev–Trinajstić information content (AvgIpc) is 2.78. The highest BCUT2D eigenvalue weighted by molar-refractivity contribution is 5.58. The van der Waals surface area contributed by atoms with E-state index in [0.717, 1.165) is 5.69 Å². The minimum Gasteiger partial charge on any atom is -0.335 e. The molecule has 1 N–H and O–H groups in total. The van der Waals surface area contributed by atoms with E-state index in [1.54, 1.807) is 6.20 Å². The number of nitrogens with zero attached hydrogens (tertiary/aromatic N) is 5. The summed E-state index contributed by atoms with van der Waals surface area (Å²) in [7, 11) is 0. The van der Waals surface area contributed by atoms with E-state index in [-0.39, 0.29) is 11.2 Å². The van der Waals surface area contributed by atoms with Gasteiger partial charge in [0.2, 0.25) is 0 Å². The summed E-state index contributed by atoms with van der Waals surface area (Å²) in [6.45, 7) is 6.19. The summed E-state index contributed by atoms with van der Waals surface area (Å²) >= 11 is 0. The Labute approximate surface area is 105 Å². The standard InChI is InChI=1S/C12H14N6/c1-12(2,3)18-8-9(7-16-18)17-11-10(6-13)14-4-5-15-11/h4-5,7-8H,1-3H3,(H,15,17). The molecule has 0 fully saturated rings. The summed E-state index contributed by atoms with van der Waals surface area (Å²) in [4.78, 5) is 8.02. The highest BCUT2D eigenvalue weighted by Gasteiger charge is 2.14. The quantitative estimate of drug-likeness (QED) is 0.871. The molecule has 0 bridgehead atoms. The van der Waals surface area contributed by atoms with Gasteiger partial charge in [0.25, 0.3) is 0 Å². The molecule has 0 aliphatic heterocycles. The maximum absolute atomic E-state index is 8.92. The summed E-state index contributed by atoms with van der Waals surface area (Å²) in [5.41, 5.74) is 0.961. The second-order valence-corrected chi connectivity index (χ2v) is 4.83. The number of rotatable bonds is 2. The molecule has 2 heterocycles. The second-order valence-electron chi connectivity index (χ2n) is 4.83. The Bertz CT molecular complexity index is 587. The minimum absolute atomic E-state index is 0.0830. The van der Waals surface area contributed by atoms with E-state index in [9.17, 15) is 0 Å². The van der Waals surface area contributed by atoms with E-state index < -0.39 is 0 Å². The summed E-state index contributed by atoms with van der Waals surface area (Å²) in [5, 5.41) is 16.2. The number of anilines is 2. The molecule has 2 aromatic rings. The normalized spacial score (nSPS) is 11.0. The Balaban J connectivity index is 2.25. The summed E-state index contributed by atoms with van der Waals surface area (Å²) in [6, 6.07) is 1.99. The number of hydrogen-bond donors (Lipinski definition) is 1. The van der Waals surface area contributed by atoms with Crippen molar-refractivity contribution < 1.29 is 0 Å². The van der Waals surface area contributed by atoms with Crippen LogP contribution in [-0.2, 0) is 5.54 Å². The van der Waals surface area contributed by atoms with Crippen LogP contribution in [0.4, 0.5) is 11.5 Å². The molecule has 0 unspecified atom stereocenters. The maximum Gasteiger partial charge on any atom is 0.183 e. The minimum atomic E-state index is -0.0830. The van der Waals surface area contributed by atoms with Crippen molar-refractivity contribution in [2.45, 2.75) is 26.3 Å². The molecule has 0 amide bonds. The van der Waals surface area contributed by atoms with Gasteiger partial charge in [0.15, 0.2) is 11.5 Å². The molecule has 0 aliphatic carbocycles. The van der Waals surface area contributed by atoms with Gasteiger partial charge in [0, 0.05) is 18.6 Å². The van der Waals surface area contributed by atoms with E-state index in [0.29, 0.717) is 5.82 Å². The zero-order valence-corrected chi connectivity index (χ0v) is 10.5. The van der Waals surface area contributed by atoms with Crippen LogP contribution in [0.25, 0.3) is 0 Å². The van der Waals surface area contributed by atoms with Crippen molar-refractivity contribution in [3.05, 3.63) is 30.5 Å². The highest BCUT2D eigenvalue weighted by atomic mass is 15.3. The first-order valence-electron chi connectivity index (χ1n) is 5.54. The second kappa shape index (κ2) is 4.45. The van der Waals surface area contributed by atoms with Gasteiger partial charge >= 0.3 is 0 Å². The highest BCUT2D eigenvalue weighted by Crippen LogP contribution is 2.19. The van der Waals surface area contributed by atoms with Crippen LogP contribution in [0.1, 0.15) is 26.5 Å². The molecule has 0 aromatic carbocycles. The van der Waals surface area contributed by atoms with Gasteiger partial charge in [-0.15, -0.1) is 0 Å².